The van der Waals surface area contributed by atoms with Crippen molar-refractivity contribution in [3.8, 4) is 11.3 Å². The third-order valence-electron chi connectivity index (χ3n) is 6.47. The standard InChI is InChI=1S/C25H27ClN6O2/c1-15-6-8-18(21-13-28-31(3)30-21)19(11-15)24(33)32-10-4-5-16(2)22(32)14-27-25-29-20-12-17(26)7-9-23(20)34-25/h6-9,11-13,16,22H,4-5,10,14H2,1-3H3,(H,27,29)/t16-,22-/m1/s1. The minimum atomic E-state index is -0.00456. The number of rotatable bonds is 5. The van der Waals surface area contributed by atoms with Crippen molar-refractivity contribution in [1.29, 1.82) is 0 Å². The molecule has 34 heavy (non-hydrogen) atoms. The minimum Gasteiger partial charge on any atom is -0.424 e. The molecule has 176 valence electrons. The number of piperidine rings is 1. The molecule has 0 bridgehead atoms. The molecule has 0 aliphatic carbocycles. The summed E-state index contributed by atoms with van der Waals surface area (Å²) in [5.41, 5.74) is 4.54. The van der Waals surface area contributed by atoms with Gasteiger partial charge in [0.1, 0.15) is 11.2 Å². The number of halogens is 1. The summed E-state index contributed by atoms with van der Waals surface area (Å²) in [6.45, 7) is 5.43. The van der Waals surface area contributed by atoms with Gasteiger partial charge in [-0.15, -0.1) is 0 Å². The molecule has 2 aromatic heterocycles. The third kappa shape index (κ3) is 4.37. The quantitative estimate of drug-likeness (QED) is 0.437. The van der Waals surface area contributed by atoms with Crippen LogP contribution in [0, 0.1) is 12.8 Å². The minimum absolute atomic E-state index is 0.00456. The molecular weight excluding hydrogens is 452 g/mol. The van der Waals surface area contributed by atoms with Crippen LogP contribution < -0.4 is 5.32 Å². The lowest BCUT2D eigenvalue weighted by atomic mass is 9.89. The Morgan fingerprint density at radius 2 is 2.12 bits per heavy atom. The van der Waals surface area contributed by atoms with Gasteiger partial charge in [-0.25, -0.2) is 0 Å². The van der Waals surface area contributed by atoms with Crippen LogP contribution in [0.3, 0.4) is 0 Å². The maximum atomic E-state index is 13.9. The molecule has 0 unspecified atom stereocenters. The second-order valence-electron chi connectivity index (χ2n) is 8.97. The molecular formula is C25H27ClN6O2. The van der Waals surface area contributed by atoms with Crippen LogP contribution in [-0.4, -0.2) is 49.9 Å². The zero-order valence-electron chi connectivity index (χ0n) is 19.5. The van der Waals surface area contributed by atoms with Crippen LogP contribution in [-0.2, 0) is 7.05 Å². The fraction of sp³-hybridized carbons (Fsp3) is 0.360. The van der Waals surface area contributed by atoms with E-state index in [9.17, 15) is 4.79 Å². The van der Waals surface area contributed by atoms with Gasteiger partial charge < -0.3 is 14.6 Å². The molecule has 9 heteroatoms. The fourth-order valence-corrected chi connectivity index (χ4v) is 4.83. The van der Waals surface area contributed by atoms with Crippen LogP contribution >= 0.6 is 11.6 Å². The largest absolute Gasteiger partial charge is 0.424 e. The molecule has 5 rings (SSSR count). The molecule has 4 aromatic rings. The molecule has 1 saturated heterocycles. The van der Waals surface area contributed by atoms with E-state index in [1.165, 1.54) is 4.80 Å². The predicted molar refractivity (Wildman–Crippen MR) is 132 cm³/mol. The highest BCUT2D eigenvalue weighted by Crippen LogP contribution is 2.30. The van der Waals surface area contributed by atoms with Gasteiger partial charge in [-0.2, -0.15) is 20.0 Å². The van der Waals surface area contributed by atoms with Crippen molar-refractivity contribution in [2.75, 3.05) is 18.4 Å². The van der Waals surface area contributed by atoms with Gasteiger partial charge in [-0.3, -0.25) is 4.79 Å². The number of aryl methyl sites for hydroxylation is 2. The van der Waals surface area contributed by atoms with Crippen LogP contribution in [0.2, 0.25) is 5.02 Å². The zero-order valence-corrected chi connectivity index (χ0v) is 20.2. The topological polar surface area (TPSA) is 89.1 Å². The number of benzene rings is 2. The summed E-state index contributed by atoms with van der Waals surface area (Å²) in [6.07, 6.45) is 3.72. The van der Waals surface area contributed by atoms with E-state index in [4.69, 9.17) is 16.0 Å². The molecule has 1 aliphatic rings. The maximum absolute atomic E-state index is 13.9. The summed E-state index contributed by atoms with van der Waals surface area (Å²) in [6, 6.07) is 11.7. The van der Waals surface area contributed by atoms with Crippen molar-refractivity contribution in [3.63, 3.8) is 0 Å². The van der Waals surface area contributed by atoms with Gasteiger partial charge in [0.05, 0.1) is 12.2 Å². The number of carbonyl (C=O) groups is 1. The number of hydrogen-bond acceptors (Lipinski definition) is 6. The first kappa shape index (κ1) is 22.4. The summed E-state index contributed by atoms with van der Waals surface area (Å²) in [4.78, 5) is 21.9. The Morgan fingerprint density at radius 1 is 1.26 bits per heavy atom. The van der Waals surface area contributed by atoms with E-state index in [2.05, 4.69) is 27.4 Å². The number of carbonyl (C=O) groups excluding carboxylic acids is 1. The molecule has 8 nitrogen and oxygen atoms in total. The SMILES string of the molecule is Cc1ccc(-c2cnn(C)n2)c(C(=O)N2CCC[C@@H](C)[C@H]2CNc2nc3cc(Cl)ccc3o2)c1. The number of nitrogens with zero attached hydrogens (tertiary/aromatic N) is 5. The van der Waals surface area contributed by atoms with Crippen LogP contribution in [0.4, 0.5) is 6.01 Å². The van der Waals surface area contributed by atoms with Crippen LogP contribution in [0.1, 0.15) is 35.7 Å². The highest BCUT2D eigenvalue weighted by molar-refractivity contribution is 6.31. The molecule has 0 radical (unpaired) electrons. The van der Waals surface area contributed by atoms with Gasteiger partial charge in [-0.1, -0.05) is 36.2 Å². The van der Waals surface area contributed by atoms with Crippen molar-refractivity contribution in [2.45, 2.75) is 32.7 Å². The van der Waals surface area contributed by atoms with Crippen molar-refractivity contribution < 1.29 is 9.21 Å². The molecule has 3 heterocycles. The Balaban J connectivity index is 1.41. The van der Waals surface area contributed by atoms with E-state index in [1.54, 1.807) is 31.4 Å². The first-order chi connectivity index (χ1) is 16.4. The lowest BCUT2D eigenvalue weighted by Gasteiger charge is -2.40. The summed E-state index contributed by atoms with van der Waals surface area (Å²) in [5.74, 6) is 0.334. The fourth-order valence-electron chi connectivity index (χ4n) is 4.66. The Morgan fingerprint density at radius 3 is 2.91 bits per heavy atom. The maximum Gasteiger partial charge on any atom is 0.295 e. The summed E-state index contributed by atoms with van der Waals surface area (Å²) in [7, 11) is 1.77. The van der Waals surface area contributed by atoms with E-state index in [0.29, 0.717) is 52.4 Å². The average Bonchev–Trinajstić information content (AvgIpc) is 3.43. The van der Waals surface area contributed by atoms with Gasteiger partial charge >= 0.3 is 0 Å². The van der Waals surface area contributed by atoms with E-state index in [0.717, 1.165) is 24.0 Å². The monoisotopic (exact) mass is 478 g/mol. The first-order valence-corrected chi connectivity index (χ1v) is 11.8. The number of nitrogens with one attached hydrogen (secondary N) is 1. The number of oxazole rings is 1. The normalized spacial score (nSPS) is 18.4. The van der Waals surface area contributed by atoms with E-state index >= 15 is 0 Å². The van der Waals surface area contributed by atoms with E-state index in [-0.39, 0.29) is 11.9 Å². The number of aromatic nitrogens is 4. The van der Waals surface area contributed by atoms with E-state index in [1.807, 2.05) is 30.0 Å². The predicted octanol–water partition coefficient (Wildman–Crippen LogP) is 4.94. The molecule has 1 amide bonds. The highest BCUT2D eigenvalue weighted by atomic mass is 35.5. The number of fused-ring (bicyclic) bond motifs is 1. The van der Waals surface area contributed by atoms with Gasteiger partial charge in [0.15, 0.2) is 5.58 Å². The first-order valence-electron chi connectivity index (χ1n) is 11.5. The molecule has 0 saturated carbocycles. The molecule has 1 fully saturated rings. The molecule has 0 spiro atoms. The van der Waals surface area contributed by atoms with Crippen molar-refractivity contribution in [1.82, 2.24) is 24.9 Å². The summed E-state index contributed by atoms with van der Waals surface area (Å²) < 4.78 is 5.82. The highest BCUT2D eigenvalue weighted by Gasteiger charge is 2.33. The van der Waals surface area contributed by atoms with Crippen LogP contribution in [0.15, 0.2) is 47.0 Å². The van der Waals surface area contributed by atoms with Crippen molar-refractivity contribution in [2.24, 2.45) is 13.0 Å². The Bertz CT molecular complexity index is 1350. The van der Waals surface area contributed by atoms with Gasteiger partial charge in [0.2, 0.25) is 0 Å². The summed E-state index contributed by atoms with van der Waals surface area (Å²) in [5, 5.41) is 12.5. The van der Waals surface area contributed by atoms with Crippen LogP contribution in [0.5, 0.6) is 0 Å². The summed E-state index contributed by atoms with van der Waals surface area (Å²) >= 11 is 6.07. The van der Waals surface area contributed by atoms with Gasteiger partial charge in [0.25, 0.3) is 11.9 Å². The molecule has 1 aliphatic heterocycles. The number of hydrogen-bond donors (Lipinski definition) is 1. The smallest absolute Gasteiger partial charge is 0.295 e. The zero-order chi connectivity index (χ0) is 23.8. The lowest BCUT2D eigenvalue weighted by molar-refractivity contribution is 0.0540. The Kier molecular flexibility index (Phi) is 6.00. The second-order valence-corrected chi connectivity index (χ2v) is 9.40. The molecule has 2 aromatic carbocycles. The number of amides is 1. The van der Waals surface area contributed by atoms with Crippen molar-refractivity contribution >= 4 is 34.6 Å². The molecule has 1 N–H and O–H groups in total. The number of anilines is 1. The van der Waals surface area contributed by atoms with Gasteiger partial charge in [0, 0.05) is 36.3 Å². The average molecular weight is 479 g/mol. The van der Waals surface area contributed by atoms with Crippen molar-refractivity contribution in [3.05, 3.63) is 58.7 Å². The number of likely N-dealkylation sites (tertiary alicyclic amines) is 1. The second kappa shape index (κ2) is 9.10. The molecule has 2 atom stereocenters. The Hall–Kier alpha value is -3.39. The van der Waals surface area contributed by atoms with E-state index < -0.39 is 0 Å². The van der Waals surface area contributed by atoms with Gasteiger partial charge in [-0.05, 0) is 49.9 Å². The third-order valence-corrected chi connectivity index (χ3v) is 6.70. The Labute approximate surface area is 202 Å². The van der Waals surface area contributed by atoms with Crippen LogP contribution in [0.25, 0.3) is 22.4 Å². The lowest BCUT2D eigenvalue weighted by Crippen LogP contribution is -2.51.